The molecule has 1 heterocycles. The Morgan fingerprint density at radius 1 is 1.40 bits per heavy atom. The van der Waals surface area contributed by atoms with E-state index in [1.165, 1.54) is 11.1 Å². The van der Waals surface area contributed by atoms with Crippen LogP contribution in [0.3, 0.4) is 0 Å². The van der Waals surface area contributed by atoms with E-state index in [0.717, 1.165) is 23.8 Å². The van der Waals surface area contributed by atoms with Gasteiger partial charge in [-0.1, -0.05) is 41.4 Å². The van der Waals surface area contributed by atoms with Crippen LogP contribution in [0.2, 0.25) is 5.02 Å². The number of benzene rings is 1. The van der Waals surface area contributed by atoms with Crippen LogP contribution in [-0.4, -0.2) is 6.61 Å². The molecule has 1 nitrogen and oxygen atoms in total. The molecule has 1 atom stereocenters. The summed E-state index contributed by atoms with van der Waals surface area (Å²) >= 11 is 9.80. The molecule has 0 spiro atoms. The number of rotatable bonds is 2. The maximum Gasteiger partial charge on any atom is 0.127 e. The average molecular weight is 290 g/mol. The largest absolute Gasteiger partial charge is 0.493 e. The number of halogens is 2. The van der Waals surface area contributed by atoms with Crippen molar-refractivity contribution in [2.45, 2.75) is 25.1 Å². The molecule has 82 valence electrons. The molecule has 0 fully saturated rings. The van der Waals surface area contributed by atoms with Crippen LogP contribution in [-0.2, 0) is 6.42 Å². The quantitative estimate of drug-likeness (QED) is 0.735. The van der Waals surface area contributed by atoms with Crippen molar-refractivity contribution in [3.8, 4) is 5.75 Å². The van der Waals surface area contributed by atoms with Gasteiger partial charge in [-0.15, -0.1) is 0 Å². The van der Waals surface area contributed by atoms with E-state index in [1.807, 2.05) is 12.1 Å². The molecule has 0 saturated carbocycles. The first kappa shape index (κ1) is 11.3. The second kappa shape index (κ2) is 4.34. The third-order valence-corrected chi connectivity index (χ3v) is 4.43. The Kier molecular flexibility index (Phi) is 3.27. The lowest BCUT2D eigenvalue weighted by atomic mass is 9.99. The van der Waals surface area contributed by atoms with E-state index >= 15 is 0 Å². The summed E-state index contributed by atoms with van der Waals surface area (Å²) in [7, 11) is 0. The Bertz CT molecular complexity index is 376. The Hall–Kier alpha value is -0.210. The first-order chi connectivity index (χ1) is 7.09. The van der Waals surface area contributed by atoms with Crippen LogP contribution in [0.25, 0.3) is 0 Å². The summed E-state index contributed by atoms with van der Waals surface area (Å²) in [5.74, 6) is 1.56. The third-order valence-electron chi connectivity index (χ3n) is 2.66. The van der Waals surface area contributed by atoms with Crippen molar-refractivity contribution in [2.24, 2.45) is 5.92 Å². The van der Waals surface area contributed by atoms with Crippen molar-refractivity contribution in [3.63, 3.8) is 0 Å². The fourth-order valence-electron chi connectivity index (χ4n) is 1.86. The molecule has 1 aliphatic rings. The van der Waals surface area contributed by atoms with Crippen LogP contribution in [0.1, 0.15) is 29.8 Å². The van der Waals surface area contributed by atoms with E-state index in [1.54, 1.807) is 0 Å². The van der Waals surface area contributed by atoms with Crippen LogP contribution >= 0.6 is 27.5 Å². The molecule has 2 rings (SSSR count). The number of alkyl halides is 1. The Morgan fingerprint density at radius 3 is 2.80 bits per heavy atom. The standard InChI is InChI=1S/C12H14BrClO/c1-7(2)11(13)10-6-9(14)5-8-3-4-15-12(8)10/h5-7,11H,3-4H2,1-2H3. The van der Waals surface area contributed by atoms with Crippen molar-refractivity contribution < 1.29 is 4.74 Å². The molecule has 1 aromatic carbocycles. The zero-order valence-corrected chi connectivity index (χ0v) is 11.2. The molecule has 1 aromatic rings. The van der Waals surface area contributed by atoms with Crippen molar-refractivity contribution in [1.82, 2.24) is 0 Å². The lowest BCUT2D eigenvalue weighted by Gasteiger charge is -2.17. The molecular weight excluding hydrogens is 275 g/mol. The van der Waals surface area contributed by atoms with Crippen molar-refractivity contribution >= 4 is 27.5 Å². The fraction of sp³-hybridized carbons (Fsp3) is 0.500. The first-order valence-corrected chi connectivity index (χ1v) is 6.48. The molecule has 1 unspecified atom stereocenters. The summed E-state index contributed by atoms with van der Waals surface area (Å²) in [6.45, 7) is 5.14. The number of fused-ring (bicyclic) bond motifs is 1. The fourth-order valence-corrected chi connectivity index (χ4v) is 2.45. The summed E-state index contributed by atoms with van der Waals surface area (Å²) in [6, 6.07) is 4.01. The minimum atomic E-state index is 0.308. The Labute approximate surface area is 104 Å². The molecule has 0 amide bonds. The molecule has 0 radical (unpaired) electrons. The van der Waals surface area contributed by atoms with E-state index in [-0.39, 0.29) is 0 Å². The highest BCUT2D eigenvalue weighted by molar-refractivity contribution is 9.09. The van der Waals surface area contributed by atoms with Crippen molar-refractivity contribution in [2.75, 3.05) is 6.61 Å². The molecule has 15 heavy (non-hydrogen) atoms. The summed E-state index contributed by atoms with van der Waals surface area (Å²) in [5, 5.41) is 0.805. The molecule has 0 N–H and O–H groups in total. The number of ether oxygens (including phenoxy) is 1. The molecule has 0 bridgehead atoms. The highest BCUT2D eigenvalue weighted by Gasteiger charge is 2.23. The molecule has 0 aromatic heterocycles. The van der Waals surface area contributed by atoms with Gasteiger partial charge < -0.3 is 4.74 Å². The number of hydrogen-bond acceptors (Lipinski definition) is 1. The van der Waals surface area contributed by atoms with Gasteiger partial charge in [0.25, 0.3) is 0 Å². The van der Waals surface area contributed by atoms with Gasteiger partial charge in [0, 0.05) is 21.8 Å². The van der Waals surface area contributed by atoms with Gasteiger partial charge in [0.2, 0.25) is 0 Å². The van der Waals surface area contributed by atoms with Crippen LogP contribution in [0.15, 0.2) is 12.1 Å². The zero-order chi connectivity index (χ0) is 11.0. The van der Waals surface area contributed by atoms with E-state index < -0.39 is 0 Å². The monoisotopic (exact) mass is 288 g/mol. The summed E-state index contributed by atoms with van der Waals surface area (Å²) in [4.78, 5) is 0.308. The normalized spacial score (nSPS) is 16.3. The first-order valence-electron chi connectivity index (χ1n) is 5.18. The summed E-state index contributed by atoms with van der Waals surface area (Å²) in [5.41, 5.74) is 2.42. The van der Waals surface area contributed by atoms with Gasteiger partial charge in [0.1, 0.15) is 5.75 Å². The van der Waals surface area contributed by atoms with Gasteiger partial charge in [-0.3, -0.25) is 0 Å². The minimum Gasteiger partial charge on any atom is -0.493 e. The van der Waals surface area contributed by atoms with E-state index in [4.69, 9.17) is 16.3 Å². The zero-order valence-electron chi connectivity index (χ0n) is 8.89. The summed E-state index contributed by atoms with van der Waals surface area (Å²) < 4.78 is 5.67. The minimum absolute atomic E-state index is 0.308. The summed E-state index contributed by atoms with van der Waals surface area (Å²) in [6.07, 6.45) is 0.973. The smallest absolute Gasteiger partial charge is 0.127 e. The lowest BCUT2D eigenvalue weighted by molar-refractivity contribution is 0.352. The van der Waals surface area contributed by atoms with Crippen LogP contribution < -0.4 is 4.74 Å². The predicted molar refractivity (Wildman–Crippen MR) is 67.2 cm³/mol. The lowest BCUT2D eigenvalue weighted by Crippen LogP contribution is -2.01. The van der Waals surface area contributed by atoms with Gasteiger partial charge in [0.05, 0.1) is 6.61 Å². The molecule has 0 saturated heterocycles. The van der Waals surface area contributed by atoms with Gasteiger partial charge in [0.15, 0.2) is 0 Å². The maximum absolute atomic E-state index is 6.10. The van der Waals surface area contributed by atoms with Crippen LogP contribution in [0.4, 0.5) is 0 Å². The SMILES string of the molecule is CC(C)C(Br)c1cc(Cl)cc2c1OCC2. The van der Waals surface area contributed by atoms with E-state index in [2.05, 4.69) is 29.8 Å². The second-order valence-corrected chi connectivity index (χ2v) is 5.65. The van der Waals surface area contributed by atoms with Gasteiger partial charge in [-0.2, -0.15) is 0 Å². The van der Waals surface area contributed by atoms with Crippen LogP contribution in [0, 0.1) is 5.92 Å². The number of hydrogen-bond donors (Lipinski definition) is 0. The highest BCUT2D eigenvalue weighted by Crippen LogP contribution is 2.42. The van der Waals surface area contributed by atoms with Gasteiger partial charge in [-0.05, 0) is 23.6 Å². The molecule has 0 aliphatic carbocycles. The topological polar surface area (TPSA) is 9.23 Å². The Balaban J connectivity index is 2.47. The van der Waals surface area contributed by atoms with Crippen LogP contribution in [0.5, 0.6) is 5.75 Å². The molecule has 3 heteroatoms. The van der Waals surface area contributed by atoms with Gasteiger partial charge in [-0.25, -0.2) is 0 Å². The maximum atomic E-state index is 6.10. The van der Waals surface area contributed by atoms with Crippen molar-refractivity contribution in [3.05, 3.63) is 28.3 Å². The molecule has 1 aliphatic heterocycles. The van der Waals surface area contributed by atoms with E-state index in [0.29, 0.717) is 10.7 Å². The second-order valence-electron chi connectivity index (χ2n) is 4.23. The Morgan fingerprint density at radius 2 is 2.13 bits per heavy atom. The average Bonchev–Trinajstić information content (AvgIpc) is 2.62. The van der Waals surface area contributed by atoms with E-state index in [9.17, 15) is 0 Å². The predicted octanol–water partition coefficient (Wildman–Crippen LogP) is 4.37. The third kappa shape index (κ3) is 2.16. The molecular formula is C12H14BrClO. The highest BCUT2D eigenvalue weighted by atomic mass is 79.9. The van der Waals surface area contributed by atoms with Crippen molar-refractivity contribution in [1.29, 1.82) is 0 Å². The van der Waals surface area contributed by atoms with Gasteiger partial charge >= 0.3 is 0 Å².